The molecule has 0 fully saturated rings. The first-order valence-electron chi connectivity index (χ1n) is 23.6. The molecule has 0 saturated heterocycles. The predicted octanol–water partition coefficient (Wildman–Crippen LogP) is 18.1. The summed E-state index contributed by atoms with van der Waals surface area (Å²) in [4.78, 5) is 10.2. The summed E-state index contributed by atoms with van der Waals surface area (Å²) in [6.07, 6.45) is 3.86. The van der Waals surface area contributed by atoms with Gasteiger partial charge in [0.05, 0.1) is 11.4 Å². The Balaban J connectivity index is 1.05. The van der Waals surface area contributed by atoms with Gasteiger partial charge in [-0.15, -0.1) is 0 Å². The first kappa shape index (κ1) is 35.3. The van der Waals surface area contributed by atoms with E-state index < -0.39 is 0 Å². The van der Waals surface area contributed by atoms with Crippen LogP contribution < -0.4 is 0 Å². The van der Waals surface area contributed by atoms with Crippen LogP contribution in [0.25, 0.3) is 174 Å². The van der Waals surface area contributed by atoms with Gasteiger partial charge in [0.25, 0.3) is 0 Å². The van der Waals surface area contributed by atoms with Gasteiger partial charge in [-0.25, -0.2) is 0 Å². The van der Waals surface area contributed by atoms with E-state index in [1.165, 1.54) is 163 Å². The summed E-state index contributed by atoms with van der Waals surface area (Å²) in [6.45, 7) is 0. The minimum Gasteiger partial charge on any atom is -0.256 e. The molecular formula is C66H34N2. The van der Waals surface area contributed by atoms with Gasteiger partial charge in [0.2, 0.25) is 0 Å². The van der Waals surface area contributed by atoms with Crippen LogP contribution in [0.15, 0.2) is 207 Å². The average molecular weight is 855 g/mol. The molecule has 0 spiro atoms. The fraction of sp³-hybridized carbons (Fsp3) is 0. The average Bonchev–Trinajstić information content (AvgIpc) is 4.04. The Kier molecular flexibility index (Phi) is 6.47. The van der Waals surface area contributed by atoms with Gasteiger partial charge in [-0.2, -0.15) is 0 Å². The lowest BCUT2D eigenvalue weighted by Crippen LogP contribution is -1.96. The number of hydrogen-bond donors (Lipinski definition) is 0. The number of aromatic nitrogens is 2. The van der Waals surface area contributed by atoms with Crippen LogP contribution in [-0.4, -0.2) is 9.97 Å². The molecule has 2 aromatic heterocycles. The van der Waals surface area contributed by atoms with E-state index in [2.05, 4.69) is 182 Å². The van der Waals surface area contributed by atoms with Crippen molar-refractivity contribution in [3.63, 3.8) is 0 Å². The maximum atomic E-state index is 5.10. The Morgan fingerprint density at radius 2 is 0.647 bits per heavy atom. The van der Waals surface area contributed by atoms with Crippen LogP contribution >= 0.6 is 0 Å². The third kappa shape index (κ3) is 4.18. The van der Waals surface area contributed by atoms with Crippen LogP contribution in [0.1, 0.15) is 0 Å². The van der Waals surface area contributed by atoms with Crippen LogP contribution in [-0.2, 0) is 0 Å². The maximum Gasteiger partial charge on any atom is 0.0714 e. The molecule has 0 unspecified atom stereocenters. The number of fused-ring (bicyclic) bond motifs is 14. The standard InChI is InChI=1S/C66H34N2/c1-2-13-35(14-3-1)54-45-20-12-19-39-38-17-6-7-18-40(38)62(57(39)45)66-49-30-26-44-43-25-29-48-59-47(28-24-42(56(43)59)41-23-27-46(63(54)66)58(49)55(41)44)64-60(52-21-8-10-31-67-52)50-33-36-15-4-5-16-37(36)34-51(50)61(65(48)64)53-22-9-11-32-68-53/h1-34H. The molecule has 0 atom stereocenters. The zero-order valence-corrected chi connectivity index (χ0v) is 36.5. The number of nitrogens with zero attached hydrogens (tertiary/aromatic N) is 2. The minimum absolute atomic E-state index is 0.975. The molecule has 1 aliphatic rings. The van der Waals surface area contributed by atoms with Gasteiger partial charge in [-0.3, -0.25) is 9.97 Å². The van der Waals surface area contributed by atoms with E-state index in [0.29, 0.717) is 0 Å². The molecule has 2 nitrogen and oxygen atoms in total. The lowest BCUT2D eigenvalue weighted by molar-refractivity contribution is 1.33. The number of rotatable bonds is 3. The van der Waals surface area contributed by atoms with Crippen molar-refractivity contribution < 1.29 is 0 Å². The topological polar surface area (TPSA) is 25.8 Å². The number of hydrogen-bond acceptors (Lipinski definition) is 2. The van der Waals surface area contributed by atoms with E-state index in [4.69, 9.17) is 9.97 Å². The SMILES string of the molecule is c1ccc(-c2c3cccc4c5ccccc5c(c34)c3c4ccc5c6ccc7c8c(ccc(c9ccc(c23)c4c95)c86)-c2c-7c(-c3ccccn3)c3cc4ccccc4cc3c2-c2ccccn2)cc1. The van der Waals surface area contributed by atoms with E-state index in [9.17, 15) is 0 Å². The molecule has 308 valence electrons. The quantitative estimate of drug-likeness (QED) is 0.131. The van der Waals surface area contributed by atoms with Crippen LogP contribution in [0.5, 0.6) is 0 Å². The highest BCUT2D eigenvalue weighted by molar-refractivity contribution is 6.51. The highest BCUT2D eigenvalue weighted by Gasteiger charge is 2.34. The van der Waals surface area contributed by atoms with Gasteiger partial charge in [0.15, 0.2) is 0 Å². The zero-order valence-electron chi connectivity index (χ0n) is 36.5. The van der Waals surface area contributed by atoms with Gasteiger partial charge in [0.1, 0.15) is 0 Å². The Bertz CT molecular complexity index is 4700. The number of benzene rings is 12. The van der Waals surface area contributed by atoms with Crippen LogP contribution in [0.4, 0.5) is 0 Å². The predicted molar refractivity (Wildman–Crippen MR) is 289 cm³/mol. The van der Waals surface area contributed by atoms with Gasteiger partial charge in [-0.1, -0.05) is 158 Å². The summed E-state index contributed by atoms with van der Waals surface area (Å²) in [5.74, 6) is 0. The number of pyridine rings is 2. The molecule has 0 radical (unpaired) electrons. The van der Waals surface area contributed by atoms with Crippen molar-refractivity contribution in [2.75, 3.05) is 0 Å². The second-order valence-corrected chi connectivity index (χ2v) is 19.0. The van der Waals surface area contributed by atoms with E-state index in [-0.39, 0.29) is 0 Å². The monoisotopic (exact) mass is 854 g/mol. The smallest absolute Gasteiger partial charge is 0.0714 e. The Labute approximate surface area is 389 Å². The van der Waals surface area contributed by atoms with E-state index in [0.717, 1.165) is 11.4 Å². The first-order chi connectivity index (χ1) is 33.8. The van der Waals surface area contributed by atoms with Crippen molar-refractivity contribution in [2.24, 2.45) is 0 Å². The molecule has 17 rings (SSSR count). The molecular weight excluding hydrogens is 821 g/mol. The molecule has 0 aliphatic heterocycles. The fourth-order valence-electron chi connectivity index (χ4n) is 13.4. The van der Waals surface area contributed by atoms with E-state index in [1.54, 1.807) is 0 Å². The molecule has 14 aromatic carbocycles. The Morgan fingerprint density at radius 1 is 0.221 bits per heavy atom. The highest BCUT2D eigenvalue weighted by atomic mass is 14.7. The van der Waals surface area contributed by atoms with Crippen molar-refractivity contribution in [3.05, 3.63) is 207 Å². The molecule has 2 heterocycles. The Hall–Kier alpha value is -8.98. The van der Waals surface area contributed by atoms with Crippen molar-refractivity contribution in [1.82, 2.24) is 9.97 Å². The molecule has 2 heteroatoms. The van der Waals surface area contributed by atoms with Crippen LogP contribution in [0.2, 0.25) is 0 Å². The molecule has 0 N–H and O–H groups in total. The lowest BCUT2D eigenvalue weighted by atomic mass is 9.84. The molecule has 1 aliphatic carbocycles. The second kappa shape index (κ2) is 12.5. The van der Waals surface area contributed by atoms with Crippen LogP contribution in [0.3, 0.4) is 0 Å². The lowest BCUT2D eigenvalue weighted by Gasteiger charge is -2.20. The Morgan fingerprint density at radius 3 is 1.26 bits per heavy atom. The normalized spacial score (nSPS) is 12.7. The molecule has 16 aromatic rings. The first-order valence-corrected chi connectivity index (χ1v) is 23.6. The van der Waals surface area contributed by atoms with Gasteiger partial charge in [0, 0.05) is 34.6 Å². The second-order valence-electron chi connectivity index (χ2n) is 19.0. The van der Waals surface area contributed by atoms with E-state index >= 15 is 0 Å². The largest absolute Gasteiger partial charge is 0.256 e. The van der Waals surface area contributed by atoms with Crippen molar-refractivity contribution in [1.29, 1.82) is 0 Å². The minimum atomic E-state index is 0.975. The van der Waals surface area contributed by atoms with Crippen molar-refractivity contribution in [3.8, 4) is 55.9 Å². The summed E-state index contributed by atoms with van der Waals surface area (Å²) in [5.41, 5.74) is 11.9. The van der Waals surface area contributed by atoms with Crippen molar-refractivity contribution in [2.45, 2.75) is 0 Å². The zero-order chi connectivity index (χ0) is 43.9. The van der Waals surface area contributed by atoms with Gasteiger partial charge < -0.3 is 0 Å². The summed E-state index contributed by atoms with van der Waals surface area (Å²) >= 11 is 0. The molecule has 68 heavy (non-hydrogen) atoms. The molecule has 0 bridgehead atoms. The summed E-state index contributed by atoms with van der Waals surface area (Å²) in [7, 11) is 0. The summed E-state index contributed by atoms with van der Waals surface area (Å²) in [6, 6.07) is 72.7. The third-order valence-corrected chi connectivity index (χ3v) is 15.9. The summed E-state index contributed by atoms with van der Waals surface area (Å²) < 4.78 is 0. The van der Waals surface area contributed by atoms with Gasteiger partial charge >= 0.3 is 0 Å². The maximum absolute atomic E-state index is 5.10. The van der Waals surface area contributed by atoms with Crippen molar-refractivity contribution >= 4 is 118 Å². The summed E-state index contributed by atoms with van der Waals surface area (Å²) in [5, 5.41) is 28.7. The highest BCUT2D eigenvalue weighted by Crippen LogP contribution is 2.61. The third-order valence-electron chi connectivity index (χ3n) is 15.9. The van der Waals surface area contributed by atoms with Crippen LogP contribution in [0, 0.1) is 0 Å². The molecule has 0 saturated carbocycles. The van der Waals surface area contributed by atoms with Gasteiger partial charge in [-0.05, 0) is 177 Å². The van der Waals surface area contributed by atoms with E-state index in [1.807, 2.05) is 24.5 Å². The fourth-order valence-corrected chi connectivity index (χ4v) is 13.4. The molecule has 0 amide bonds.